The van der Waals surface area contributed by atoms with E-state index in [0.717, 1.165) is 117 Å². The first-order valence-electron chi connectivity index (χ1n) is 19.9. The Morgan fingerprint density at radius 2 is 0.963 bits per heavy atom. The van der Waals surface area contributed by atoms with Crippen molar-refractivity contribution in [2.45, 2.75) is 93.9 Å². The topological polar surface area (TPSA) is 75.8 Å². The molecule has 4 aliphatic heterocycles. The average Bonchev–Trinajstić information content (AvgIpc) is 3.86. The fourth-order valence-electron chi connectivity index (χ4n) is 9.00. The van der Waals surface area contributed by atoms with Gasteiger partial charge >= 0.3 is 0 Å². The quantitative estimate of drug-likeness (QED) is 0.194. The van der Waals surface area contributed by atoms with Crippen LogP contribution >= 0.6 is 0 Å². The molecule has 0 aliphatic carbocycles. The SMILES string of the molecule is CCC1=C(C)c2nc1cc1[nH]c(c(C)c1CC)c1c3nc(cc4[nH]c(c(C)c4CC)c2-c2ccccc2OCCCCOc2ccccc2-1)C(CC)=C3C. The first-order chi connectivity index (χ1) is 26.3. The van der Waals surface area contributed by atoms with Crippen LogP contribution in [0.2, 0.25) is 0 Å². The first kappa shape index (κ1) is 35.7. The summed E-state index contributed by atoms with van der Waals surface area (Å²) < 4.78 is 13.3. The van der Waals surface area contributed by atoms with Gasteiger partial charge in [-0.05, 0) is 135 Å². The van der Waals surface area contributed by atoms with Crippen molar-refractivity contribution in [3.8, 4) is 33.8 Å². The van der Waals surface area contributed by atoms with Crippen LogP contribution in [0.3, 0.4) is 0 Å². The van der Waals surface area contributed by atoms with E-state index in [2.05, 4.69) is 126 Å². The molecule has 0 radical (unpaired) electrons. The lowest BCUT2D eigenvalue weighted by Crippen LogP contribution is -2.04. The highest BCUT2D eigenvalue weighted by Crippen LogP contribution is 2.46. The molecule has 2 N–H and O–H groups in total. The molecule has 0 atom stereocenters. The number of H-pyrrole nitrogens is 2. The summed E-state index contributed by atoms with van der Waals surface area (Å²) in [5, 5.41) is 0. The molecule has 6 heteroatoms. The summed E-state index contributed by atoms with van der Waals surface area (Å²) in [5.74, 6) is 1.73. The van der Waals surface area contributed by atoms with Crippen LogP contribution in [0.1, 0.15) is 112 Å². The summed E-state index contributed by atoms with van der Waals surface area (Å²) >= 11 is 0. The summed E-state index contributed by atoms with van der Waals surface area (Å²) in [7, 11) is 0. The van der Waals surface area contributed by atoms with Crippen LogP contribution in [0.5, 0.6) is 11.5 Å². The molecule has 7 heterocycles. The van der Waals surface area contributed by atoms with Crippen molar-refractivity contribution in [1.82, 2.24) is 19.9 Å². The molecule has 0 saturated heterocycles. The van der Waals surface area contributed by atoms with Crippen molar-refractivity contribution in [3.63, 3.8) is 0 Å². The first-order valence-corrected chi connectivity index (χ1v) is 19.9. The second-order valence-corrected chi connectivity index (χ2v) is 14.8. The van der Waals surface area contributed by atoms with E-state index in [9.17, 15) is 0 Å². The number of nitrogens with zero attached hydrogens (tertiary/aromatic N) is 2. The smallest absolute Gasteiger partial charge is 0.127 e. The third-order valence-electron chi connectivity index (χ3n) is 11.8. The van der Waals surface area contributed by atoms with Crippen LogP contribution in [0.25, 0.3) is 66.6 Å². The minimum Gasteiger partial charge on any atom is -0.493 e. The zero-order valence-corrected chi connectivity index (χ0v) is 33.1. The number of benzene rings is 2. The second-order valence-electron chi connectivity index (χ2n) is 14.8. The predicted molar refractivity (Wildman–Crippen MR) is 226 cm³/mol. The number of nitrogens with one attached hydrogen (secondary N) is 2. The third kappa shape index (κ3) is 5.78. The zero-order valence-electron chi connectivity index (χ0n) is 33.1. The Balaban J connectivity index is 1.68. The maximum Gasteiger partial charge on any atom is 0.127 e. The highest BCUT2D eigenvalue weighted by atomic mass is 16.5. The third-order valence-corrected chi connectivity index (χ3v) is 11.8. The number of aromatic amines is 2. The lowest BCUT2D eigenvalue weighted by atomic mass is 9.94. The Morgan fingerprint density at radius 3 is 1.35 bits per heavy atom. The van der Waals surface area contributed by atoms with E-state index < -0.39 is 0 Å². The van der Waals surface area contributed by atoms with Crippen LogP contribution in [-0.2, 0) is 12.8 Å². The molecule has 2 aromatic carbocycles. The molecule has 276 valence electrons. The number of hydrogen-bond acceptors (Lipinski definition) is 4. The molecular formula is C48H52N4O2. The van der Waals surface area contributed by atoms with Gasteiger partial charge in [0.1, 0.15) is 11.5 Å². The van der Waals surface area contributed by atoms with E-state index >= 15 is 0 Å². The van der Waals surface area contributed by atoms with Gasteiger partial charge < -0.3 is 19.4 Å². The number of allylic oxidation sites excluding steroid dienone is 4. The van der Waals surface area contributed by atoms with Crippen molar-refractivity contribution < 1.29 is 9.47 Å². The summed E-state index contributed by atoms with van der Waals surface area (Å²) in [6, 6.07) is 21.5. The normalized spacial score (nSPS) is 14.4. The van der Waals surface area contributed by atoms with Crippen LogP contribution in [0, 0.1) is 13.8 Å². The number of fused-ring (bicyclic) bond motifs is 5. The van der Waals surface area contributed by atoms with Crippen LogP contribution in [-0.4, -0.2) is 33.1 Å². The second kappa shape index (κ2) is 14.5. The molecule has 5 aromatic rings. The molecule has 10 bridgehead atoms. The lowest BCUT2D eigenvalue weighted by Gasteiger charge is -2.15. The van der Waals surface area contributed by atoms with Gasteiger partial charge in [0, 0.05) is 33.3 Å². The molecule has 0 fully saturated rings. The van der Waals surface area contributed by atoms with E-state index in [0.29, 0.717) is 13.2 Å². The van der Waals surface area contributed by atoms with Gasteiger partial charge in [-0.25, -0.2) is 9.97 Å². The molecule has 9 rings (SSSR count). The maximum atomic E-state index is 6.67. The Morgan fingerprint density at radius 1 is 0.556 bits per heavy atom. The van der Waals surface area contributed by atoms with Crippen molar-refractivity contribution in [2.24, 2.45) is 0 Å². The van der Waals surface area contributed by atoms with E-state index in [1.54, 1.807) is 0 Å². The fourth-order valence-corrected chi connectivity index (χ4v) is 9.00. The summed E-state index contributed by atoms with van der Waals surface area (Å²) in [5.41, 5.74) is 22.5. The molecule has 54 heavy (non-hydrogen) atoms. The number of ether oxygens (including phenoxy) is 2. The van der Waals surface area contributed by atoms with Gasteiger partial charge in [-0.15, -0.1) is 0 Å². The van der Waals surface area contributed by atoms with Gasteiger partial charge in [0.15, 0.2) is 0 Å². The minimum absolute atomic E-state index is 0.588. The van der Waals surface area contributed by atoms with E-state index in [4.69, 9.17) is 19.4 Å². The van der Waals surface area contributed by atoms with Gasteiger partial charge in [0.2, 0.25) is 0 Å². The van der Waals surface area contributed by atoms with Gasteiger partial charge in [-0.3, -0.25) is 0 Å². The number of aromatic nitrogens is 4. The molecule has 6 nitrogen and oxygen atoms in total. The van der Waals surface area contributed by atoms with E-state index in [-0.39, 0.29) is 0 Å². The van der Waals surface area contributed by atoms with Gasteiger partial charge in [-0.1, -0.05) is 64.1 Å². The number of hydrogen-bond donors (Lipinski definition) is 2. The predicted octanol–water partition coefficient (Wildman–Crippen LogP) is 12.6. The molecule has 3 aromatic heterocycles. The summed E-state index contributed by atoms with van der Waals surface area (Å²) in [6.07, 6.45) is 5.23. The molecule has 0 unspecified atom stereocenters. The van der Waals surface area contributed by atoms with Crippen molar-refractivity contribution in [2.75, 3.05) is 13.2 Å². The number of para-hydroxylation sites is 2. The summed E-state index contributed by atoms with van der Waals surface area (Å²) in [4.78, 5) is 19.1. The van der Waals surface area contributed by atoms with Gasteiger partial charge in [0.05, 0.1) is 47.0 Å². The highest BCUT2D eigenvalue weighted by Gasteiger charge is 2.27. The van der Waals surface area contributed by atoms with Crippen molar-refractivity contribution in [3.05, 3.63) is 106 Å². The van der Waals surface area contributed by atoms with Crippen LogP contribution < -0.4 is 9.47 Å². The van der Waals surface area contributed by atoms with Crippen molar-refractivity contribution >= 4 is 44.4 Å². The molecule has 0 saturated carbocycles. The standard InChI is InChI=1S/C48H52N4O2/c1-9-31-27(5)45-43-35-19-13-15-21-41(35)53-23-17-18-24-54-42-22-16-14-20-36(42)44(47-28(6)32(10-2)38(50-47)25-37(31)49-45)48-30(8)34(12-4)40(52-48)26-39-33(11-3)29(7)46(43)51-39/h13-16,19-22,25-26,49,52H,9-12,17-18,23-24H2,1-8H3. The van der Waals surface area contributed by atoms with Gasteiger partial charge in [-0.2, -0.15) is 0 Å². The van der Waals surface area contributed by atoms with Crippen molar-refractivity contribution in [1.29, 1.82) is 0 Å². The maximum absolute atomic E-state index is 6.67. The molecular weight excluding hydrogens is 665 g/mol. The summed E-state index contributed by atoms with van der Waals surface area (Å²) in [6.45, 7) is 19.2. The Hall–Kier alpha value is -5.36. The zero-order chi connectivity index (χ0) is 37.7. The van der Waals surface area contributed by atoms with Crippen LogP contribution in [0.4, 0.5) is 0 Å². The minimum atomic E-state index is 0.588. The Labute approximate surface area is 319 Å². The fraction of sp³-hybridized carbons (Fsp3) is 0.333. The molecule has 4 aliphatic rings. The molecule has 0 amide bonds. The number of aryl methyl sites for hydroxylation is 4. The Kier molecular flexibility index (Phi) is 9.55. The van der Waals surface area contributed by atoms with E-state index in [1.807, 2.05) is 0 Å². The largest absolute Gasteiger partial charge is 0.493 e. The highest BCUT2D eigenvalue weighted by molar-refractivity contribution is 6.04. The van der Waals surface area contributed by atoms with E-state index in [1.165, 1.54) is 44.5 Å². The number of rotatable bonds is 4. The average molecular weight is 717 g/mol. The lowest BCUT2D eigenvalue weighted by molar-refractivity contribution is 0.267. The van der Waals surface area contributed by atoms with Gasteiger partial charge in [0.25, 0.3) is 0 Å². The Bertz CT molecular complexity index is 2370. The monoisotopic (exact) mass is 716 g/mol. The molecule has 0 spiro atoms. The van der Waals surface area contributed by atoms with Crippen LogP contribution in [0.15, 0.2) is 60.7 Å².